The molecule has 0 saturated carbocycles. The van der Waals surface area contributed by atoms with Crippen LogP contribution in [0.4, 0.5) is 4.79 Å². The normalized spacial score (nSPS) is 22.5. The maximum atomic E-state index is 12.2. The second-order valence-corrected chi connectivity index (χ2v) is 5.40. The lowest BCUT2D eigenvalue weighted by atomic mass is 9.98. The van der Waals surface area contributed by atoms with Crippen LogP contribution >= 0.6 is 0 Å². The molecule has 0 spiro atoms. The van der Waals surface area contributed by atoms with Gasteiger partial charge < -0.3 is 15.1 Å². The SMILES string of the molecule is CN(CC1CCNCC1)C(=O)N1CCCCC1. The molecule has 4 heteroatoms. The van der Waals surface area contributed by atoms with E-state index in [-0.39, 0.29) is 6.03 Å². The molecule has 0 aromatic rings. The summed E-state index contributed by atoms with van der Waals surface area (Å²) in [6, 6.07) is 0.239. The lowest BCUT2D eigenvalue weighted by Crippen LogP contribution is -2.46. The third kappa shape index (κ3) is 3.60. The van der Waals surface area contributed by atoms with Crippen molar-refractivity contribution in [1.29, 1.82) is 0 Å². The Kier molecular flexibility index (Phi) is 4.66. The van der Waals surface area contributed by atoms with Crippen LogP contribution in [0, 0.1) is 5.92 Å². The predicted octanol–water partition coefficient (Wildman–Crippen LogP) is 1.52. The lowest BCUT2D eigenvalue weighted by Gasteiger charge is -2.33. The van der Waals surface area contributed by atoms with Crippen LogP contribution in [0.5, 0.6) is 0 Å². The molecule has 0 radical (unpaired) electrons. The quantitative estimate of drug-likeness (QED) is 0.793. The minimum atomic E-state index is 0.239. The van der Waals surface area contributed by atoms with E-state index in [0.717, 1.165) is 32.7 Å². The molecule has 0 aromatic carbocycles. The molecule has 2 aliphatic rings. The fourth-order valence-corrected chi connectivity index (χ4v) is 2.86. The first-order valence-electron chi connectivity index (χ1n) is 6.98. The summed E-state index contributed by atoms with van der Waals surface area (Å²) in [5.74, 6) is 0.690. The average molecular weight is 239 g/mol. The highest BCUT2D eigenvalue weighted by molar-refractivity contribution is 5.74. The van der Waals surface area contributed by atoms with Crippen LogP contribution in [0.15, 0.2) is 0 Å². The van der Waals surface area contributed by atoms with E-state index >= 15 is 0 Å². The van der Waals surface area contributed by atoms with Gasteiger partial charge in [-0.15, -0.1) is 0 Å². The second kappa shape index (κ2) is 6.24. The molecule has 2 amide bonds. The van der Waals surface area contributed by atoms with Gasteiger partial charge in [0.2, 0.25) is 0 Å². The number of carbonyl (C=O) groups is 1. The molecule has 0 atom stereocenters. The fraction of sp³-hybridized carbons (Fsp3) is 0.923. The van der Waals surface area contributed by atoms with Crippen molar-refractivity contribution in [3.8, 4) is 0 Å². The van der Waals surface area contributed by atoms with Crippen LogP contribution in [0.25, 0.3) is 0 Å². The van der Waals surface area contributed by atoms with E-state index in [1.807, 2.05) is 16.8 Å². The third-order valence-corrected chi connectivity index (χ3v) is 3.94. The molecule has 2 aliphatic heterocycles. The molecule has 17 heavy (non-hydrogen) atoms. The maximum Gasteiger partial charge on any atom is 0.319 e. The van der Waals surface area contributed by atoms with Crippen molar-refractivity contribution >= 4 is 6.03 Å². The van der Waals surface area contributed by atoms with Crippen molar-refractivity contribution in [2.45, 2.75) is 32.1 Å². The first-order valence-corrected chi connectivity index (χ1v) is 6.98. The Hall–Kier alpha value is -0.770. The van der Waals surface area contributed by atoms with Gasteiger partial charge in [0.25, 0.3) is 0 Å². The zero-order valence-electron chi connectivity index (χ0n) is 11.0. The van der Waals surface area contributed by atoms with Gasteiger partial charge in [0.05, 0.1) is 0 Å². The average Bonchev–Trinajstić information content (AvgIpc) is 2.40. The van der Waals surface area contributed by atoms with E-state index in [9.17, 15) is 4.79 Å². The van der Waals surface area contributed by atoms with Gasteiger partial charge in [0.1, 0.15) is 0 Å². The number of hydrogen-bond acceptors (Lipinski definition) is 2. The van der Waals surface area contributed by atoms with Crippen molar-refractivity contribution in [1.82, 2.24) is 15.1 Å². The van der Waals surface area contributed by atoms with Crippen molar-refractivity contribution in [3.05, 3.63) is 0 Å². The number of urea groups is 1. The Labute approximate surface area is 104 Å². The Morgan fingerprint density at radius 1 is 1.24 bits per heavy atom. The molecule has 0 bridgehead atoms. The van der Waals surface area contributed by atoms with Crippen LogP contribution in [-0.2, 0) is 0 Å². The molecule has 98 valence electrons. The van der Waals surface area contributed by atoms with Gasteiger partial charge in [-0.05, 0) is 51.1 Å². The molecule has 2 fully saturated rings. The number of amides is 2. The summed E-state index contributed by atoms with van der Waals surface area (Å²) in [6.45, 7) is 5.05. The van der Waals surface area contributed by atoms with Gasteiger partial charge in [0.15, 0.2) is 0 Å². The Bertz CT molecular complexity index is 245. The number of nitrogens with zero attached hydrogens (tertiary/aromatic N) is 2. The summed E-state index contributed by atoms with van der Waals surface area (Å²) in [6.07, 6.45) is 6.04. The molecule has 2 heterocycles. The van der Waals surface area contributed by atoms with E-state index in [4.69, 9.17) is 0 Å². The highest BCUT2D eigenvalue weighted by Gasteiger charge is 2.22. The van der Waals surface area contributed by atoms with E-state index in [1.165, 1.54) is 32.1 Å². The van der Waals surface area contributed by atoms with Crippen LogP contribution in [0.3, 0.4) is 0 Å². The Balaban J connectivity index is 1.77. The van der Waals surface area contributed by atoms with Crippen molar-refractivity contribution in [2.24, 2.45) is 5.92 Å². The minimum absolute atomic E-state index is 0.239. The molecule has 4 nitrogen and oxygen atoms in total. The largest absolute Gasteiger partial charge is 0.327 e. The smallest absolute Gasteiger partial charge is 0.319 e. The van der Waals surface area contributed by atoms with Gasteiger partial charge in [-0.1, -0.05) is 0 Å². The fourth-order valence-electron chi connectivity index (χ4n) is 2.86. The number of hydrogen-bond donors (Lipinski definition) is 1. The van der Waals surface area contributed by atoms with Crippen molar-refractivity contribution in [2.75, 3.05) is 39.8 Å². The molecule has 0 unspecified atom stereocenters. The number of rotatable bonds is 2. The van der Waals surface area contributed by atoms with Crippen LogP contribution in [-0.4, -0.2) is 55.6 Å². The first kappa shape index (κ1) is 12.7. The zero-order chi connectivity index (χ0) is 12.1. The standard InChI is InChI=1S/C13H25N3O/c1-15(11-12-5-7-14-8-6-12)13(17)16-9-3-2-4-10-16/h12,14H,2-11H2,1H3. The maximum absolute atomic E-state index is 12.2. The summed E-state index contributed by atoms with van der Waals surface area (Å²) < 4.78 is 0. The summed E-state index contributed by atoms with van der Waals surface area (Å²) in [5.41, 5.74) is 0. The number of likely N-dealkylation sites (tertiary alicyclic amines) is 1. The lowest BCUT2D eigenvalue weighted by molar-refractivity contribution is 0.143. The number of piperidine rings is 2. The molecule has 2 rings (SSSR count). The van der Waals surface area contributed by atoms with Crippen LogP contribution in [0.2, 0.25) is 0 Å². The van der Waals surface area contributed by atoms with Gasteiger partial charge in [-0.25, -0.2) is 4.79 Å². The summed E-state index contributed by atoms with van der Waals surface area (Å²) in [7, 11) is 1.96. The number of carbonyl (C=O) groups excluding carboxylic acids is 1. The summed E-state index contributed by atoms with van der Waals surface area (Å²) in [4.78, 5) is 16.2. The molecule has 0 aliphatic carbocycles. The Morgan fingerprint density at radius 3 is 2.53 bits per heavy atom. The molecule has 1 N–H and O–H groups in total. The second-order valence-electron chi connectivity index (χ2n) is 5.40. The van der Waals surface area contributed by atoms with Crippen molar-refractivity contribution in [3.63, 3.8) is 0 Å². The molecular formula is C13H25N3O. The summed E-state index contributed by atoms with van der Waals surface area (Å²) in [5, 5.41) is 3.37. The molecular weight excluding hydrogens is 214 g/mol. The highest BCUT2D eigenvalue weighted by atomic mass is 16.2. The zero-order valence-corrected chi connectivity index (χ0v) is 11.0. The van der Waals surface area contributed by atoms with Gasteiger partial charge in [0, 0.05) is 26.7 Å². The topological polar surface area (TPSA) is 35.6 Å². The van der Waals surface area contributed by atoms with Crippen LogP contribution in [0.1, 0.15) is 32.1 Å². The van der Waals surface area contributed by atoms with Gasteiger partial charge >= 0.3 is 6.03 Å². The third-order valence-electron chi connectivity index (χ3n) is 3.94. The van der Waals surface area contributed by atoms with E-state index < -0.39 is 0 Å². The molecule has 0 aromatic heterocycles. The number of nitrogens with one attached hydrogen (secondary N) is 1. The minimum Gasteiger partial charge on any atom is -0.327 e. The van der Waals surface area contributed by atoms with E-state index in [0.29, 0.717) is 5.92 Å². The highest BCUT2D eigenvalue weighted by Crippen LogP contribution is 2.15. The van der Waals surface area contributed by atoms with Gasteiger partial charge in [-0.2, -0.15) is 0 Å². The van der Waals surface area contributed by atoms with Crippen molar-refractivity contribution < 1.29 is 4.79 Å². The van der Waals surface area contributed by atoms with E-state index in [2.05, 4.69) is 5.32 Å². The van der Waals surface area contributed by atoms with Crippen LogP contribution < -0.4 is 5.32 Å². The van der Waals surface area contributed by atoms with E-state index in [1.54, 1.807) is 0 Å². The summed E-state index contributed by atoms with van der Waals surface area (Å²) >= 11 is 0. The monoisotopic (exact) mass is 239 g/mol. The predicted molar refractivity (Wildman–Crippen MR) is 69.0 cm³/mol. The first-order chi connectivity index (χ1) is 8.27. The Morgan fingerprint density at radius 2 is 1.88 bits per heavy atom. The van der Waals surface area contributed by atoms with Gasteiger partial charge in [-0.3, -0.25) is 0 Å². The molecule has 2 saturated heterocycles.